The van der Waals surface area contributed by atoms with Gasteiger partial charge in [-0.2, -0.15) is 0 Å². The maximum absolute atomic E-state index is 11.1. The quantitative estimate of drug-likeness (QED) is 0.883. The highest BCUT2D eigenvalue weighted by atomic mass is 35.5. The number of carbonyl (C=O) groups excluding carboxylic acids is 1. The molecule has 1 aromatic heterocycles. The van der Waals surface area contributed by atoms with Gasteiger partial charge in [0.05, 0.1) is 10.7 Å². The van der Waals surface area contributed by atoms with E-state index in [4.69, 9.17) is 17.3 Å². The van der Waals surface area contributed by atoms with Crippen molar-refractivity contribution in [2.45, 2.75) is 20.0 Å². The van der Waals surface area contributed by atoms with E-state index in [9.17, 15) is 4.79 Å². The van der Waals surface area contributed by atoms with Crippen molar-refractivity contribution in [1.29, 1.82) is 0 Å². The Balaban J connectivity index is 2.10. The number of aromatic nitrogens is 1. The molecule has 1 amide bonds. The highest BCUT2D eigenvalue weighted by molar-refractivity contribution is 6.33. The average Bonchev–Trinajstić information content (AvgIpc) is 2.85. The Bertz CT molecular complexity index is 592. The first-order chi connectivity index (χ1) is 9.10. The number of primary amides is 1. The van der Waals surface area contributed by atoms with Gasteiger partial charge in [0.25, 0.3) is 0 Å². The van der Waals surface area contributed by atoms with Crippen molar-refractivity contribution < 1.29 is 4.79 Å². The normalized spacial score (nSPS) is 10.4. The molecule has 0 bridgehead atoms. The van der Waals surface area contributed by atoms with E-state index in [0.29, 0.717) is 22.8 Å². The van der Waals surface area contributed by atoms with Crippen molar-refractivity contribution in [3.63, 3.8) is 0 Å². The van der Waals surface area contributed by atoms with Crippen molar-refractivity contribution in [2.24, 2.45) is 5.73 Å². The fourth-order valence-corrected chi connectivity index (χ4v) is 1.99. The first-order valence-corrected chi connectivity index (χ1v) is 6.46. The zero-order valence-corrected chi connectivity index (χ0v) is 11.4. The van der Waals surface area contributed by atoms with Crippen molar-refractivity contribution in [2.75, 3.05) is 5.32 Å². The number of amides is 1. The van der Waals surface area contributed by atoms with Gasteiger partial charge in [-0.25, -0.2) is 0 Å². The summed E-state index contributed by atoms with van der Waals surface area (Å²) in [5, 5.41) is 3.78. The van der Waals surface area contributed by atoms with E-state index < -0.39 is 5.91 Å². The van der Waals surface area contributed by atoms with E-state index in [0.717, 1.165) is 12.1 Å². The molecule has 0 fully saturated rings. The Morgan fingerprint density at radius 2 is 2.21 bits per heavy atom. The summed E-state index contributed by atoms with van der Waals surface area (Å²) in [5.41, 5.74) is 7.56. The summed E-state index contributed by atoms with van der Waals surface area (Å²) >= 11 is 6.08. The smallest absolute Gasteiger partial charge is 0.248 e. The molecule has 100 valence electrons. The first kappa shape index (κ1) is 13.5. The monoisotopic (exact) mass is 277 g/mol. The predicted molar refractivity (Wildman–Crippen MR) is 77.4 cm³/mol. The van der Waals surface area contributed by atoms with Crippen molar-refractivity contribution in [1.82, 2.24) is 4.57 Å². The predicted octanol–water partition coefficient (Wildman–Crippen LogP) is 2.87. The average molecular weight is 278 g/mol. The zero-order valence-electron chi connectivity index (χ0n) is 10.7. The standard InChI is InChI=1S/C14H16ClN3O/c1-2-18-6-5-10(9-18)8-17-13-7-11(14(16)19)3-4-12(13)15/h3-7,9,17H,2,8H2,1H3,(H2,16,19). The minimum absolute atomic E-state index is 0.443. The van der Waals surface area contributed by atoms with E-state index >= 15 is 0 Å². The minimum atomic E-state index is -0.461. The SMILES string of the molecule is CCn1ccc(CNc2cc(C(N)=O)ccc2Cl)c1. The van der Waals surface area contributed by atoms with Crippen LogP contribution in [0.2, 0.25) is 5.02 Å². The van der Waals surface area contributed by atoms with Gasteiger partial charge in [0, 0.05) is 31.0 Å². The molecule has 19 heavy (non-hydrogen) atoms. The Morgan fingerprint density at radius 3 is 2.84 bits per heavy atom. The van der Waals surface area contributed by atoms with Crippen LogP contribution in [-0.4, -0.2) is 10.5 Å². The van der Waals surface area contributed by atoms with Gasteiger partial charge in [0.15, 0.2) is 0 Å². The van der Waals surface area contributed by atoms with Crippen LogP contribution in [0, 0.1) is 0 Å². The summed E-state index contributed by atoms with van der Waals surface area (Å²) in [5.74, 6) is -0.461. The van der Waals surface area contributed by atoms with E-state index in [1.807, 2.05) is 12.3 Å². The number of hydrogen-bond donors (Lipinski definition) is 2. The summed E-state index contributed by atoms with van der Waals surface area (Å²) in [6, 6.07) is 6.99. The van der Waals surface area contributed by atoms with Crippen LogP contribution in [0.5, 0.6) is 0 Å². The van der Waals surface area contributed by atoms with E-state index in [1.54, 1.807) is 18.2 Å². The molecule has 4 nitrogen and oxygen atoms in total. The Hall–Kier alpha value is -1.94. The summed E-state index contributed by atoms with van der Waals surface area (Å²) in [4.78, 5) is 11.1. The van der Waals surface area contributed by atoms with Gasteiger partial charge in [-0.1, -0.05) is 11.6 Å². The summed E-state index contributed by atoms with van der Waals surface area (Å²) < 4.78 is 2.10. The Kier molecular flexibility index (Phi) is 4.12. The summed E-state index contributed by atoms with van der Waals surface area (Å²) in [6.45, 7) is 3.68. The third kappa shape index (κ3) is 3.29. The van der Waals surface area contributed by atoms with Gasteiger partial charge in [-0.3, -0.25) is 4.79 Å². The molecule has 0 unspecified atom stereocenters. The summed E-state index contributed by atoms with van der Waals surface area (Å²) in [7, 11) is 0. The van der Waals surface area contributed by atoms with Crippen LogP contribution in [0.15, 0.2) is 36.7 Å². The second kappa shape index (κ2) is 5.80. The van der Waals surface area contributed by atoms with E-state index in [2.05, 4.69) is 23.0 Å². The van der Waals surface area contributed by atoms with Gasteiger partial charge < -0.3 is 15.6 Å². The van der Waals surface area contributed by atoms with Crippen LogP contribution in [0.1, 0.15) is 22.8 Å². The highest BCUT2D eigenvalue weighted by Crippen LogP contribution is 2.23. The number of nitrogens with one attached hydrogen (secondary N) is 1. The van der Waals surface area contributed by atoms with Gasteiger partial charge in [-0.05, 0) is 36.8 Å². The Labute approximate surface area is 117 Å². The molecule has 0 aliphatic carbocycles. The number of nitrogens with zero attached hydrogens (tertiary/aromatic N) is 1. The topological polar surface area (TPSA) is 60.1 Å². The molecule has 0 radical (unpaired) electrons. The molecule has 0 aliphatic rings. The summed E-state index contributed by atoms with van der Waals surface area (Å²) in [6.07, 6.45) is 4.09. The van der Waals surface area contributed by atoms with Crippen LogP contribution >= 0.6 is 11.6 Å². The number of rotatable bonds is 5. The number of anilines is 1. The molecule has 1 aromatic carbocycles. The minimum Gasteiger partial charge on any atom is -0.380 e. The number of halogens is 1. The lowest BCUT2D eigenvalue weighted by Gasteiger charge is -2.08. The molecule has 0 saturated carbocycles. The van der Waals surface area contributed by atoms with Crippen LogP contribution < -0.4 is 11.1 Å². The lowest BCUT2D eigenvalue weighted by atomic mass is 10.2. The third-order valence-corrected chi connectivity index (χ3v) is 3.24. The molecular weight excluding hydrogens is 262 g/mol. The lowest BCUT2D eigenvalue weighted by Crippen LogP contribution is -2.11. The number of aryl methyl sites for hydroxylation is 1. The lowest BCUT2D eigenvalue weighted by molar-refractivity contribution is 0.100. The van der Waals surface area contributed by atoms with Gasteiger partial charge in [-0.15, -0.1) is 0 Å². The fourth-order valence-electron chi connectivity index (χ4n) is 1.80. The van der Waals surface area contributed by atoms with Gasteiger partial charge in [0.2, 0.25) is 5.91 Å². The number of hydrogen-bond acceptors (Lipinski definition) is 2. The second-order valence-electron chi connectivity index (χ2n) is 4.26. The molecular formula is C14H16ClN3O. The molecule has 1 heterocycles. The molecule has 2 aromatic rings. The number of nitrogens with two attached hydrogens (primary N) is 1. The van der Waals surface area contributed by atoms with E-state index in [1.165, 1.54) is 0 Å². The van der Waals surface area contributed by atoms with Crippen LogP contribution in [0.3, 0.4) is 0 Å². The van der Waals surface area contributed by atoms with Gasteiger partial charge in [0.1, 0.15) is 0 Å². The molecule has 0 atom stereocenters. The first-order valence-electron chi connectivity index (χ1n) is 6.08. The molecule has 0 aliphatic heterocycles. The largest absolute Gasteiger partial charge is 0.380 e. The van der Waals surface area contributed by atoms with Crippen LogP contribution in [-0.2, 0) is 13.1 Å². The maximum atomic E-state index is 11.1. The highest BCUT2D eigenvalue weighted by Gasteiger charge is 2.06. The second-order valence-corrected chi connectivity index (χ2v) is 4.67. The fraction of sp³-hybridized carbons (Fsp3) is 0.214. The molecule has 2 rings (SSSR count). The van der Waals surface area contributed by atoms with Crippen molar-refractivity contribution in [3.8, 4) is 0 Å². The molecule has 0 saturated heterocycles. The van der Waals surface area contributed by atoms with Crippen molar-refractivity contribution >= 4 is 23.2 Å². The number of benzene rings is 1. The molecule has 5 heteroatoms. The molecule has 0 spiro atoms. The van der Waals surface area contributed by atoms with Crippen molar-refractivity contribution in [3.05, 3.63) is 52.8 Å². The van der Waals surface area contributed by atoms with Crippen LogP contribution in [0.25, 0.3) is 0 Å². The van der Waals surface area contributed by atoms with Gasteiger partial charge >= 0.3 is 0 Å². The Morgan fingerprint density at radius 1 is 1.42 bits per heavy atom. The third-order valence-electron chi connectivity index (χ3n) is 2.91. The van der Waals surface area contributed by atoms with Crippen LogP contribution in [0.4, 0.5) is 5.69 Å². The number of carbonyl (C=O) groups is 1. The zero-order chi connectivity index (χ0) is 13.8. The van der Waals surface area contributed by atoms with E-state index in [-0.39, 0.29) is 0 Å². The maximum Gasteiger partial charge on any atom is 0.248 e. The molecule has 3 N–H and O–H groups in total.